The van der Waals surface area contributed by atoms with Crippen molar-refractivity contribution in [2.24, 2.45) is 12.0 Å². The topological polar surface area (TPSA) is 71.7 Å². The highest BCUT2D eigenvalue weighted by Gasteiger charge is 2.30. The van der Waals surface area contributed by atoms with Gasteiger partial charge in [-0.15, -0.1) is 0 Å². The van der Waals surface area contributed by atoms with Gasteiger partial charge in [-0.25, -0.2) is 0 Å². The second kappa shape index (κ2) is 7.00. The van der Waals surface area contributed by atoms with E-state index in [1.807, 2.05) is 30.7 Å². The van der Waals surface area contributed by atoms with Crippen LogP contribution in [0.3, 0.4) is 0 Å². The van der Waals surface area contributed by atoms with Gasteiger partial charge in [-0.05, 0) is 42.8 Å². The first kappa shape index (κ1) is 18.6. The zero-order valence-electron chi connectivity index (χ0n) is 15.2. The van der Waals surface area contributed by atoms with Crippen molar-refractivity contribution in [1.29, 1.82) is 0 Å². The molecule has 4 rings (SSSR count). The van der Waals surface area contributed by atoms with Gasteiger partial charge in [0.2, 0.25) is 11.8 Å². The number of halogens is 1. The Balaban J connectivity index is 1.69. The van der Waals surface area contributed by atoms with E-state index in [0.717, 1.165) is 20.7 Å². The average Bonchev–Trinajstić information content (AvgIpc) is 3.19. The molecular weight excluding hydrogens is 398 g/mol. The number of hydrogen-bond donors (Lipinski definition) is 0. The molecule has 2 aromatic carbocycles. The summed E-state index contributed by atoms with van der Waals surface area (Å²) in [4.78, 5) is 42.2. The predicted molar refractivity (Wildman–Crippen MR) is 109 cm³/mol. The first-order valence-corrected chi connectivity index (χ1v) is 9.86. The molecule has 1 aliphatic heterocycles. The molecule has 3 amide bonds. The lowest BCUT2D eigenvalue weighted by molar-refractivity contribution is -0.121. The lowest BCUT2D eigenvalue weighted by atomic mass is 10.2. The Morgan fingerprint density at radius 2 is 1.71 bits per heavy atom. The molecule has 1 fully saturated rings. The maximum absolute atomic E-state index is 12.6. The van der Waals surface area contributed by atoms with Crippen molar-refractivity contribution in [3.8, 4) is 0 Å². The third kappa shape index (κ3) is 3.06. The Hall–Kier alpha value is -2.77. The SMILES string of the molecule is Cc1ccc(Cl)c2sc(=NC(=O)c3ccc(N4C(=O)CCC4=O)cc3)n(C)c12. The number of fused-ring (bicyclic) bond motifs is 1. The molecule has 2 heterocycles. The van der Waals surface area contributed by atoms with Crippen LogP contribution >= 0.6 is 22.9 Å². The van der Waals surface area contributed by atoms with Crippen LogP contribution in [0.4, 0.5) is 5.69 Å². The number of benzene rings is 2. The summed E-state index contributed by atoms with van der Waals surface area (Å²) >= 11 is 7.64. The van der Waals surface area contributed by atoms with Crippen molar-refractivity contribution in [3.05, 3.63) is 57.3 Å². The number of amides is 3. The molecule has 0 radical (unpaired) electrons. The van der Waals surface area contributed by atoms with E-state index < -0.39 is 5.91 Å². The van der Waals surface area contributed by atoms with Gasteiger partial charge in [0.25, 0.3) is 5.91 Å². The molecule has 0 unspecified atom stereocenters. The van der Waals surface area contributed by atoms with E-state index in [1.54, 1.807) is 24.3 Å². The summed E-state index contributed by atoms with van der Waals surface area (Å²) in [6.07, 6.45) is 0.443. The minimum atomic E-state index is -0.401. The van der Waals surface area contributed by atoms with E-state index in [1.165, 1.54) is 11.3 Å². The van der Waals surface area contributed by atoms with Crippen molar-refractivity contribution in [3.63, 3.8) is 0 Å². The third-order valence-corrected chi connectivity index (χ3v) is 6.31. The molecule has 1 aliphatic rings. The highest BCUT2D eigenvalue weighted by Crippen LogP contribution is 2.28. The molecule has 0 spiro atoms. The van der Waals surface area contributed by atoms with Gasteiger partial charge in [-0.1, -0.05) is 29.0 Å². The lowest BCUT2D eigenvalue weighted by Gasteiger charge is -2.13. The zero-order chi connectivity index (χ0) is 20.0. The van der Waals surface area contributed by atoms with Gasteiger partial charge in [-0.2, -0.15) is 4.99 Å². The molecule has 28 heavy (non-hydrogen) atoms. The molecule has 0 atom stereocenters. The number of anilines is 1. The van der Waals surface area contributed by atoms with Crippen LogP contribution in [0.25, 0.3) is 10.2 Å². The van der Waals surface area contributed by atoms with E-state index in [9.17, 15) is 14.4 Å². The van der Waals surface area contributed by atoms with E-state index in [4.69, 9.17) is 11.6 Å². The van der Waals surface area contributed by atoms with Crippen LogP contribution in [0, 0.1) is 6.92 Å². The Bertz CT molecular complexity index is 1190. The van der Waals surface area contributed by atoms with Gasteiger partial charge < -0.3 is 4.57 Å². The Kier molecular flexibility index (Phi) is 4.64. The first-order chi connectivity index (χ1) is 13.4. The van der Waals surface area contributed by atoms with E-state index >= 15 is 0 Å². The fraction of sp³-hybridized carbons (Fsp3) is 0.200. The van der Waals surface area contributed by atoms with Crippen molar-refractivity contribution >= 4 is 56.6 Å². The normalized spacial score (nSPS) is 15.1. The molecule has 0 aliphatic carbocycles. The van der Waals surface area contributed by atoms with Crippen LogP contribution in [0.15, 0.2) is 41.4 Å². The fourth-order valence-electron chi connectivity index (χ4n) is 3.28. The quantitative estimate of drug-likeness (QED) is 0.602. The molecule has 3 aromatic rings. The number of aromatic nitrogens is 1. The van der Waals surface area contributed by atoms with E-state index in [0.29, 0.717) is 21.1 Å². The number of hydrogen-bond acceptors (Lipinski definition) is 4. The molecule has 142 valence electrons. The van der Waals surface area contributed by atoms with Crippen molar-refractivity contribution in [2.45, 2.75) is 19.8 Å². The molecule has 6 nitrogen and oxygen atoms in total. The van der Waals surface area contributed by atoms with E-state index in [-0.39, 0.29) is 24.7 Å². The highest BCUT2D eigenvalue weighted by atomic mass is 35.5. The van der Waals surface area contributed by atoms with Gasteiger partial charge in [0.15, 0.2) is 4.80 Å². The van der Waals surface area contributed by atoms with Gasteiger partial charge in [0.1, 0.15) is 0 Å². The fourth-order valence-corrected chi connectivity index (χ4v) is 4.65. The monoisotopic (exact) mass is 413 g/mol. The van der Waals surface area contributed by atoms with Gasteiger partial charge in [-0.3, -0.25) is 19.3 Å². The number of thiazole rings is 1. The summed E-state index contributed by atoms with van der Waals surface area (Å²) in [5.41, 5.74) is 2.85. The van der Waals surface area contributed by atoms with Gasteiger partial charge >= 0.3 is 0 Å². The number of carbonyl (C=O) groups excluding carboxylic acids is 3. The van der Waals surface area contributed by atoms with Crippen molar-refractivity contribution in [2.75, 3.05) is 4.90 Å². The minimum absolute atomic E-state index is 0.221. The van der Waals surface area contributed by atoms with Crippen LogP contribution in [0.5, 0.6) is 0 Å². The Labute approximate surface area is 169 Å². The standard InChI is InChI=1S/C20H16ClN3O3S/c1-11-3-8-14(21)18-17(11)23(2)20(28-18)22-19(27)12-4-6-13(7-5-12)24-15(25)9-10-16(24)26/h3-8H,9-10H2,1-2H3. The molecule has 1 saturated heterocycles. The highest BCUT2D eigenvalue weighted by molar-refractivity contribution is 7.17. The molecule has 8 heteroatoms. The molecule has 0 saturated carbocycles. The van der Waals surface area contributed by atoms with Crippen LogP contribution in [0.2, 0.25) is 5.02 Å². The maximum Gasteiger partial charge on any atom is 0.279 e. The molecular formula is C20H16ClN3O3S. The number of nitrogens with zero attached hydrogens (tertiary/aromatic N) is 3. The largest absolute Gasteiger partial charge is 0.319 e. The third-order valence-electron chi connectivity index (χ3n) is 4.72. The van der Waals surface area contributed by atoms with Crippen LogP contribution < -0.4 is 9.70 Å². The first-order valence-electron chi connectivity index (χ1n) is 8.66. The molecule has 1 aromatic heterocycles. The summed E-state index contributed by atoms with van der Waals surface area (Å²) in [7, 11) is 1.85. The summed E-state index contributed by atoms with van der Waals surface area (Å²) in [6.45, 7) is 1.98. The van der Waals surface area contributed by atoms with Crippen molar-refractivity contribution < 1.29 is 14.4 Å². The number of carbonyl (C=O) groups is 3. The smallest absolute Gasteiger partial charge is 0.279 e. The van der Waals surface area contributed by atoms with E-state index in [2.05, 4.69) is 4.99 Å². The molecule has 0 bridgehead atoms. The number of rotatable bonds is 2. The van der Waals surface area contributed by atoms with Crippen molar-refractivity contribution in [1.82, 2.24) is 4.57 Å². The average molecular weight is 414 g/mol. The predicted octanol–water partition coefficient (Wildman–Crippen LogP) is 3.60. The number of aryl methyl sites for hydroxylation is 2. The Morgan fingerprint density at radius 3 is 2.32 bits per heavy atom. The van der Waals surface area contributed by atoms with Gasteiger partial charge in [0.05, 0.1) is 20.9 Å². The maximum atomic E-state index is 12.6. The second-order valence-electron chi connectivity index (χ2n) is 6.57. The summed E-state index contributed by atoms with van der Waals surface area (Å²) in [5, 5.41) is 0.624. The summed E-state index contributed by atoms with van der Waals surface area (Å²) in [6, 6.07) is 10.1. The summed E-state index contributed by atoms with van der Waals surface area (Å²) in [5.74, 6) is -0.849. The minimum Gasteiger partial charge on any atom is -0.319 e. The zero-order valence-corrected chi connectivity index (χ0v) is 16.8. The van der Waals surface area contributed by atoms with Crippen LogP contribution in [0.1, 0.15) is 28.8 Å². The van der Waals surface area contributed by atoms with Gasteiger partial charge in [0, 0.05) is 25.5 Å². The van der Waals surface area contributed by atoms with Crippen LogP contribution in [-0.2, 0) is 16.6 Å². The summed E-state index contributed by atoms with van der Waals surface area (Å²) < 4.78 is 2.74. The lowest BCUT2D eigenvalue weighted by Crippen LogP contribution is -2.28. The molecule has 0 N–H and O–H groups in total. The second-order valence-corrected chi connectivity index (χ2v) is 7.96. The number of imide groups is 1. The Morgan fingerprint density at radius 1 is 1.07 bits per heavy atom. The van der Waals surface area contributed by atoms with Crippen LogP contribution in [-0.4, -0.2) is 22.3 Å².